The molecule has 2 aromatic heterocycles. The molecule has 3 aliphatic rings. The minimum absolute atomic E-state index is 0.0135. The minimum Gasteiger partial charge on any atom is -0.490 e. The summed E-state index contributed by atoms with van der Waals surface area (Å²) in [7, 11) is -2.52. The van der Waals surface area contributed by atoms with Crippen LogP contribution in [0.1, 0.15) is 63.5 Å². The van der Waals surface area contributed by atoms with Gasteiger partial charge in [-0.05, 0) is 95.2 Å². The molecule has 2 aliphatic heterocycles. The molecule has 1 saturated carbocycles. The lowest BCUT2D eigenvalue weighted by molar-refractivity contribution is -0.189. The summed E-state index contributed by atoms with van der Waals surface area (Å²) in [5.74, 6) is -1.22. The van der Waals surface area contributed by atoms with E-state index in [9.17, 15) is 36.3 Å². The zero-order chi connectivity index (χ0) is 39.4. The van der Waals surface area contributed by atoms with Crippen molar-refractivity contribution in [2.75, 3.05) is 26.2 Å². The molecule has 1 amide bonds. The van der Waals surface area contributed by atoms with Gasteiger partial charge in [-0.2, -0.15) is 13.2 Å². The molecule has 7 rings (SSSR count). The molecule has 1 N–H and O–H groups in total. The molecule has 55 heavy (non-hydrogen) atoms. The summed E-state index contributed by atoms with van der Waals surface area (Å²) in [5.41, 5.74) is 1.11. The Labute approximate surface area is 318 Å². The Kier molecular flexibility index (Phi) is 10.5. The number of carbonyl (C=O) groups is 1. The lowest BCUT2D eigenvalue weighted by Crippen LogP contribution is -2.58. The third kappa shape index (κ3) is 7.94. The number of aryl methyl sites for hydroxylation is 2. The van der Waals surface area contributed by atoms with Gasteiger partial charge in [-0.1, -0.05) is 23.8 Å². The number of halogens is 3. The third-order valence-corrected chi connectivity index (χ3v) is 12.9. The quantitative estimate of drug-likeness (QED) is 0.229. The first-order valence-corrected chi connectivity index (χ1v) is 20.2. The van der Waals surface area contributed by atoms with Crippen LogP contribution in [0.25, 0.3) is 22.0 Å². The van der Waals surface area contributed by atoms with Gasteiger partial charge in [0.25, 0.3) is 15.6 Å². The monoisotopic (exact) mass is 784 g/mol. The molecule has 0 atom stereocenters. The Morgan fingerprint density at radius 1 is 0.873 bits per heavy atom. The summed E-state index contributed by atoms with van der Waals surface area (Å²) < 4.78 is 81.3. The van der Waals surface area contributed by atoms with E-state index in [1.165, 1.54) is 22.9 Å². The fourth-order valence-corrected chi connectivity index (χ4v) is 9.35. The number of amides is 1. The third-order valence-electron chi connectivity index (χ3n) is 11.2. The molecule has 4 heterocycles. The van der Waals surface area contributed by atoms with Crippen LogP contribution in [0.3, 0.4) is 0 Å². The summed E-state index contributed by atoms with van der Waals surface area (Å²) in [6.45, 7) is 6.83. The highest BCUT2D eigenvalue weighted by atomic mass is 32.2. The molecule has 0 spiro atoms. The van der Waals surface area contributed by atoms with Gasteiger partial charge in [-0.3, -0.25) is 14.5 Å². The maximum absolute atomic E-state index is 13.8. The number of hydrogen-bond acceptors (Lipinski definition) is 8. The largest absolute Gasteiger partial charge is 0.490 e. The highest BCUT2D eigenvalue weighted by Crippen LogP contribution is 2.40. The smallest absolute Gasteiger partial charge is 0.471 e. The van der Waals surface area contributed by atoms with Crippen molar-refractivity contribution in [2.24, 2.45) is 7.05 Å². The van der Waals surface area contributed by atoms with Gasteiger partial charge in [0, 0.05) is 68.2 Å². The average Bonchev–Trinajstić information content (AvgIpc) is 3.58. The van der Waals surface area contributed by atoms with E-state index < -0.39 is 33.3 Å². The van der Waals surface area contributed by atoms with Crippen LogP contribution < -0.4 is 10.3 Å². The van der Waals surface area contributed by atoms with Crippen molar-refractivity contribution in [3.05, 3.63) is 82.4 Å². The van der Waals surface area contributed by atoms with E-state index in [0.29, 0.717) is 46.7 Å². The molecule has 2 aromatic carbocycles. The van der Waals surface area contributed by atoms with Crippen LogP contribution >= 0.6 is 0 Å². The van der Waals surface area contributed by atoms with Crippen LogP contribution in [0.5, 0.6) is 5.75 Å². The first kappa shape index (κ1) is 39.1. The molecule has 0 unspecified atom stereocenters. The van der Waals surface area contributed by atoms with E-state index in [1.807, 2.05) is 25.1 Å². The Balaban J connectivity index is 1.04. The van der Waals surface area contributed by atoms with Crippen molar-refractivity contribution in [3.63, 3.8) is 0 Å². The van der Waals surface area contributed by atoms with Crippen molar-refractivity contribution in [1.29, 1.82) is 0 Å². The fourth-order valence-electron chi connectivity index (χ4n) is 8.00. The normalized spacial score (nSPS) is 20.8. The number of rotatable bonds is 9. The van der Waals surface area contributed by atoms with Crippen molar-refractivity contribution in [2.45, 2.75) is 100 Å². The van der Waals surface area contributed by atoms with Crippen molar-refractivity contribution >= 4 is 26.8 Å². The fraction of sp³-hybridized carbons (Fsp3) is 0.500. The lowest BCUT2D eigenvalue weighted by Gasteiger charge is -2.47. The van der Waals surface area contributed by atoms with E-state index >= 15 is 0 Å². The van der Waals surface area contributed by atoms with Crippen molar-refractivity contribution < 1.29 is 41.0 Å². The second-order valence-electron chi connectivity index (χ2n) is 15.7. The second-order valence-corrected chi connectivity index (χ2v) is 17.5. The molecule has 0 bridgehead atoms. The van der Waals surface area contributed by atoms with Gasteiger partial charge in [0.1, 0.15) is 11.3 Å². The zero-order valence-electron chi connectivity index (χ0n) is 31.4. The number of hydrogen-bond donors (Lipinski definition) is 1. The molecule has 296 valence electrons. The van der Waals surface area contributed by atoms with Crippen molar-refractivity contribution in [3.8, 4) is 16.9 Å². The predicted molar refractivity (Wildman–Crippen MR) is 200 cm³/mol. The van der Waals surface area contributed by atoms with Gasteiger partial charge in [-0.25, -0.2) is 12.4 Å². The summed E-state index contributed by atoms with van der Waals surface area (Å²) in [5, 5.41) is 11.4. The van der Waals surface area contributed by atoms with Crippen LogP contribution in [-0.4, -0.2) is 94.5 Å². The van der Waals surface area contributed by atoms with Gasteiger partial charge in [0.05, 0.1) is 28.8 Å². The summed E-state index contributed by atoms with van der Waals surface area (Å²) in [6.07, 6.45) is 2.15. The van der Waals surface area contributed by atoms with E-state index in [4.69, 9.17) is 9.47 Å². The lowest BCUT2D eigenvalue weighted by atomic mass is 9.89. The van der Waals surface area contributed by atoms with Gasteiger partial charge in [-0.15, -0.1) is 0 Å². The number of aromatic nitrogens is 2. The van der Waals surface area contributed by atoms with E-state index in [1.54, 1.807) is 45.3 Å². The van der Waals surface area contributed by atoms with Crippen molar-refractivity contribution in [1.82, 2.24) is 18.3 Å². The standard InChI is InChI=1S/C40H47F3N4O7S/c1-25-5-12-31(13-6-25)55(51,52)47-20-17-32-34(24-44(4)37(48)36(32)47)33-21-26(39(2,3)50)7-14-35(33)54-28-10-8-27(9-11-28)46-22-30(23-46)53-29-15-18-45(19-16-29)38(49)40(41,42)43/h5-7,12-14,17,20-21,24,27-30,50H,8-11,15-16,18-19,22-23H2,1-4H3. The van der Waals surface area contributed by atoms with Crippen LogP contribution in [0.4, 0.5) is 13.2 Å². The molecule has 4 aromatic rings. The zero-order valence-corrected chi connectivity index (χ0v) is 32.2. The Hall–Kier alpha value is -4.18. The number of ether oxygens (including phenoxy) is 2. The summed E-state index contributed by atoms with van der Waals surface area (Å²) in [4.78, 5) is 28.4. The number of benzene rings is 2. The first-order valence-electron chi connectivity index (χ1n) is 18.7. The highest BCUT2D eigenvalue weighted by molar-refractivity contribution is 7.90. The van der Waals surface area contributed by atoms with E-state index in [0.717, 1.165) is 53.2 Å². The molecule has 3 fully saturated rings. The minimum atomic E-state index is -4.85. The Bertz CT molecular complexity index is 2220. The van der Waals surface area contributed by atoms with Gasteiger partial charge in [0.15, 0.2) is 0 Å². The number of aliphatic hydroxyl groups is 1. The first-order chi connectivity index (χ1) is 25.9. The number of alkyl halides is 3. The maximum Gasteiger partial charge on any atom is 0.471 e. The van der Waals surface area contributed by atoms with E-state index in [2.05, 4.69) is 4.90 Å². The summed E-state index contributed by atoms with van der Waals surface area (Å²) in [6, 6.07) is 13.9. The average molecular weight is 785 g/mol. The molecule has 0 radical (unpaired) electrons. The topological polar surface area (TPSA) is 123 Å². The summed E-state index contributed by atoms with van der Waals surface area (Å²) >= 11 is 0. The number of likely N-dealkylation sites (tertiary alicyclic amines) is 2. The molecular weight excluding hydrogens is 738 g/mol. The molecular formula is C40H47F3N4O7S. The number of carbonyl (C=O) groups excluding carboxylic acids is 1. The Morgan fingerprint density at radius 3 is 2.15 bits per heavy atom. The number of pyridine rings is 1. The Morgan fingerprint density at radius 2 is 1.53 bits per heavy atom. The van der Waals surface area contributed by atoms with Crippen LogP contribution in [-0.2, 0) is 32.2 Å². The number of fused-ring (bicyclic) bond motifs is 1. The van der Waals surface area contributed by atoms with E-state index in [-0.39, 0.29) is 41.8 Å². The number of piperidine rings is 1. The number of nitrogens with zero attached hydrogens (tertiary/aromatic N) is 4. The van der Waals surface area contributed by atoms with Gasteiger partial charge in [0.2, 0.25) is 0 Å². The molecule has 1 aliphatic carbocycles. The van der Waals surface area contributed by atoms with Gasteiger partial charge >= 0.3 is 12.1 Å². The maximum atomic E-state index is 13.8. The van der Waals surface area contributed by atoms with Crippen LogP contribution in [0.15, 0.2) is 70.6 Å². The molecule has 15 heteroatoms. The molecule has 11 nitrogen and oxygen atoms in total. The van der Waals surface area contributed by atoms with Crippen LogP contribution in [0, 0.1) is 6.92 Å². The van der Waals surface area contributed by atoms with Gasteiger partial charge < -0.3 is 24.0 Å². The highest BCUT2D eigenvalue weighted by Gasteiger charge is 2.44. The molecule has 2 saturated heterocycles. The SMILES string of the molecule is Cc1ccc(S(=O)(=O)n2ccc3c(-c4cc(C(C)(C)O)ccc4OC4CCC(N5CC(OC6CCN(C(=O)C(F)(F)F)CC6)C5)CC4)cn(C)c(=O)c32)cc1. The predicted octanol–water partition coefficient (Wildman–Crippen LogP) is 5.72. The second kappa shape index (κ2) is 14.7. The van der Waals surface area contributed by atoms with Crippen LogP contribution in [0.2, 0.25) is 0 Å².